The fourth-order valence-corrected chi connectivity index (χ4v) is 1.24. The number of carbonyl (C=O) groups excluding carboxylic acids is 2. The molecule has 0 fully saturated rings. The molecule has 0 unspecified atom stereocenters. The van der Waals surface area contributed by atoms with Gasteiger partial charge >= 0.3 is 5.97 Å². The zero-order valence-electron chi connectivity index (χ0n) is 6.86. The van der Waals surface area contributed by atoms with Crippen molar-refractivity contribution in [3.63, 3.8) is 0 Å². The van der Waals surface area contributed by atoms with E-state index in [-0.39, 0.29) is 6.54 Å². The molecule has 1 rings (SSSR count). The van der Waals surface area contributed by atoms with Crippen molar-refractivity contribution in [2.75, 3.05) is 7.11 Å². The molecule has 0 aliphatic carbocycles. The monoisotopic (exact) mass is 246 g/mol. The maximum absolute atomic E-state index is 10.9. The molecule has 0 saturated heterocycles. The Kier molecular flexibility index (Phi) is 3.18. The number of methoxy groups -OCH3 is 1. The summed E-state index contributed by atoms with van der Waals surface area (Å²) >= 11 is 3.10. The van der Waals surface area contributed by atoms with Gasteiger partial charge in [-0.25, -0.2) is 4.98 Å². The van der Waals surface area contributed by atoms with Crippen molar-refractivity contribution in [1.29, 1.82) is 0 Å². The summed E-state index contributed by atoms with van der Waals surface area (Å²) < 4.78 is 6.30. The molecule has 1 heterocycles. The highest BCUT2D eigenvalue weighted by molar-refractivity contribution is 9.10. The number of nitrogens with zero attached hydrogens (tertiary/aromatic N) is 2. The summed E-state index contributed by atoms with van der Waals surface area (Å²) in [4.78, 5) is 25.2. The fourth-order valence-electron chi connectivity index (χ4n) is 0.810. The number of esters is 1. The van der Waals surface area contributed by atoms with Crippen molar-refractivity contribution in [1.82, 2.24) is 9.55 Å². The first kappa shape index (κ1) is 9.91. The quantitative estimate of drug-likeness (QED) is 0.580. The van der Waals surface area contributed by atoms with E-state index in [2.05, 4.69) is 25.7 Å². The van der Waals surface area contributed by atoms with Crippen LogP contribution in [0.3, 0.4) is 0 Å². The average molecular weight is 247 g/mol. The van der Waals surface area contributed by atoms with Crippen molar-refractivity contribution >= 4 is 28.2 Å². The van der Waals surface area contributed by atoms with E-state index in [1.807, 2.05) is 0 Å². The molecule has 0 aromatic carbocycles. The molecule has 0 aliphatic heterocycles. The molecule has 0 bridgehead atoms. The highest BCUT2D eigenvalue weighted by Crippen LogP contribution is 2.10. The second-order valence-electron chi connectivity index (χ2n) is 2.23. The molecular formula is C7H7BrN2O3. The molecule has 0 aliphatic rings. The Hall–Kier alpha value is -1.17. The minimum atomic E-state index is -0.429. The number of aromatic nitrogens is 2. The van der Waals surface area contributed by atoms with Crippen molar-refractivity contribution in [2.45, 2.75) is 6.54 Å². The van der Waals surface area contributed by atoms with Crippen LogP contribution in [0.4, 0.5) is 0 Å². The van der Waals surface area contributed by atoms with Gasteiger partial charge in [0.05, 0.1) is 13.3 Å². The summed E-state index contributed by atoms with van der Waals surface area (Å²) in [5.41, 5.74) is 0.331. The van der Waals surface area contributed by atoms with Crippen LogP contribution in [0.15, 0.2) is 10.9 Å². The first-order chi connectivity index (χ1) is 6.19. The van der Waals surface area contributed by atoms with Crippen LogP contribution in [0.25, 0.3) is 0 Å². The van der Waals surface area contributed by atoms with Gasteiger partial charge in [0, 0.05) is 0 Å². The van der Waals surface area contributed by atoms with Gasteiger partial charge in [-0.15, -0.1) is 0 Å². The maximum atomic E-state index is 10.9. The topological polar surface area (TPSA) is 61.2 Å². The third-order valence-electron chi connectivity index (χ3n) is 1.47. The normalized spacial score (nSPS) is 9.69. The van der Waals surface area contributed by atoms with Gasteiger partial charge in [-0.3, -0.25) is 9.59 Å². The third-order valence-corrected chi connectivity index (χ3v) is 2.11. The Morgan fingerprint density at radius 3 is 3.08 bits per heavy atom. The molecule has 0 amide bonds. The van der Waals surface area contributed by atoms with Crippen LogP contribution in [0.2, 0.25) is 0 Å². The van der Waals surface area contributed by atoms with E-state index in [1.165, 1.54) is 17.9 Å². The van der Waals surface area contributed by atoms with Crippen LogP contribution in [0.1, 0.15) is 10.5 Å². The van der Waals surface area contributed by atoms with Crippen LogP contribution in [0.5, 0.6) is 0 Å². The standard InChI is InChI=1S/C7H7BrN2O3/c1-13-6(12)3-10-5(4-11)2-9-7(10)8/h2,4H,3H2,1H3. The smallest absolute Gasteiger partial charge is 0.325 e. The summed E-state index contributed by atoms with van der Waals surface area (Å²) in [6.07, 6.45) is 2.00. The van der Waals surface area contributed by atoms with Gasteiger partial charge in [0.2, 0.25) is 0 Å². The third kappa shape index (κ3) is 2.15. The lowest BCUT2D eigenvalue weighted by Gasteiger charge is -2.03. The van der Waals surface area contributed by atoms with Gasteiger partial charge in [0.1, 0.15) is 12.2 Å². The molecule has 0 saturated carbocycles. The largest absolute Gasteiger partial charge is 0.468 e. The minimum Gasteiger partial charge on any atom is -0.468 e. The van der Waals surface area contributed by atoms with Crippen LogP contribution < -0.4 is 0 Å². The summed E-state index contributed by atoms with van der Waals surface area (Å²) in [6.45, 7) is -0.0227. The molecule has 0 spiro atoms. The van der Waals surface area contributed by atoms with Crippen LogP contribution in [-0.2, 0) is 16.1 Å². The zero-order chi connectivity index (χ0) is 9.84. The maximum Gasteiger partial charge on any atom is 0.325 e. The zero-order valence-corrected chi connectivity index (χ0v) is 8.44. The van der Waals surface area contributed by atoms with Crippen molar-refractivity contribution in [2.24, 2.45) is 0 Å². The molecule has 5 nitrogen and oxygen atoms in total. The van der Waals surface area contributed by atoms with Crippen LogP contribution in [-0.4, -0.2) is 28.9 Å². The molecule has 6 heteroatoms. The first-order valence-electron chi connectivity index (χ1n) is 3.42. The molecule has 0 radical (unpaired) electrons. The second kappa shape index (κ2) is 4.18. The number of carbonyl (C=O) groups is 2. The predicted molar refractivity (Wildman–Crippen MR) is 47.3 cm³/mol. The Balaban J connectivity index is 2.91. The van der Waals surface area contributed by atoms with Crippen LogP contribution >= 0.6 is 15.9 Å². The average Bonchev–Trinajstić information content (AvgIpc) is 2.48. The highest BCUT2D eigenvalue weighted by Gasteiger charge is 2.10. The van der Waals surface area contributed by atoms with Gasteiger partial charge in [-0.1, -0.05) is 0 Å². The predicted octanol–water partition coefficient (Wildman–Crippen LogP) is 0.631. The summed E-state index contributed by atoms with van der Waals surface area (Å²) in [5, 5.41) is 0. The Morgan fingerprint density at radius 1 is 1.85 bits per heavy atom. The van der Waals surface area contributed by atoms with Gasteiger partial charge in [-0.2, -0.15) is 0 Å². The van der Waals surface area contributed by atoms with E-state index in [0.29, 0.717) is 16.7 Å². The van der Waals surface area contributed by atoms with Gasteiger partial charge in [-0.05, 0) is 15.9 Å². The van der Waals surface area contributed by atoms with Crippen molar-refractivity contribution in [3.8, 4) is 0 Å². The van der Waals surface area contributed by atoms with E-state index in [1.54, 1.807) is 0 Å². The fraction of sp³-hybridized carbons (Fsp3) is 0.286. The van der Waals surface area contributed by atoms with Gasteiger partial charge in [0.25, 0.3) is 0 Å². The number of imidazole rings is 1. The van der Waals surface area contributed by atoms with E-state index in [4.69, 9.17) is 0 Å². The lowest BCUT2D eigenvalue weighted by molar-refractivity contribution is -0.141. The summed E-state index contributed by atoms with van der Waals surface area (Å²) in [5.74, 6) is -0.429. The minimum absolute atomic E-state index is 0.0227. The van der Waals surface area contributed by atoms with E-state index >= 15 is 0 Å². The number of hydrogen-bond acceptors (Lipinski definition) is 4. The summed E-state index contributed by atoms with van der Waals surface area (Å²) in [6, 6.07) is 0. The Bertz CT molecular complexity index is 334. The molecule has 1 aromatic rings. The lowest BCUT2D eigenvalue weighted by Crippen LogP contribution is -2.13. The first-order valence-corrected chi connectivity index (χ1v) is 4.21. The van der Waals surface area contributed by atoms with E-state index in [9.17, 15) is 9.59 Å². The number of halogens is 1. The number of aldehydes is 1. The molecule has 13 heavy (non-hydrogen) atoms. The molecule has 0 atom stereocenters. The molecule has 0 N–H and O–H groups in total. The molecule has 70 valence electrons. The van der Waals surface area contributed by atoms with E-state index < -0.39 is 5.97 Å². The SMILES string of the molecule is COC(=O)Cn1c(C=O)cnc1Br. The van der Waals surface area contributed by atoms with Crippen LogP contribution in [0, 0.1) is 0 Å². The number of hydrogen-bond donors (Lipinski definition) is 0. The molecular weight excluding hydrogens is 240 g/mol. The second-order valence-corrected chi connectivity index (χ2v) is 2.94. The highest BCUT2D eigenvalue weighted by atomic mass is 79.9. The molecule has 1 aromatic heterocycles. The van der Waals surface area contributed by atoms with Gasteiger partial charge in [0.15, 0.2) is 11.0 Å². The Labute approximate surface area is 82.8 Å². The number of ether oxygens (including phenoxy) is 1. The van der Waals surface area contributed by atoms with Crippen molar-refractivity contribution < 1.29 is 14.3 Å². The van der Waals surface area contributed by atoms with E-state index in [0.717, 1.165) is 0 Å². The summed E-state index contributed by atoms with van der Waals surface area (Å²) in [7, 11) is 1.29. The van der Waals surface area contributed by atoms with Crippen molar-refractivity contribution in [3.05, 3.63) is 16.6 Å². The Morgan fingerprint density at radius 2 is 2.54 bits per heavy atom. The lowest BCUT2D eigenvalue weighted by atomic mass is 10.5. The van der Waals surface area contributed by atoms with Gasteiger partial charge < -0.3 is 9.30 Å². The number of rotatable bonds is 3.